The highest BCUT2D eigenvalue weighted by Gasteiger charge is 2.12. The summed E-state index contributed by atoms with van der Waals surface area (Å²) in [4.78, 5) is 0. The van der Waals surface area contributed by atoms with Gasteiger partial charge in [0.1, 0.15) is 6.10 Å². The van der Waals surface area contributed by atoms with Gasteiger partial charge >= 0.3 is 0 Å². The first kappa shape index (κ1) is 14.2. The van der Waals surface area contributed by atoms with Crippen molar-refractivity contribution in [3.8, 4) is 0 Å². The summed E-state index contributed by atoms with van der Waals surface area (Å²) < 4.78 is 26.5. The molecule has 1 N–H and O–H groups in total. The number of benzene rings is 1. The zero-order valence-electron chi connectivity index (χ0n) is 9.42. The zero-order valence-corrected chi connectivity index (χ0v) is 11.1. The molecule has 1 atom stereocenters. The quantitative estimate of drug-likeness (QED) is 0.593. The van der Waals surface area contributed by atoms with Gasteiger partial charge in [0.15, 0.2) is 0 Å². The fraction of sp³-hybridized carbons (Fsp3) is 0.364. The van der Waals surface area contributed by atoms with Crippen LogP contribution in [0.4, 0.5) is 0 Å². The van der Waals surface area contributed by atoms with Crippen LogP contribution in [0.2, 0.25) is 0 Å². The molecule has 0 saturated heterocycles. The van der Waals surface area contributed by atoms with Gasteiger partial charge in [-0.3, -0.25) is 4.18 Å². The van der Waals surface area contributed by atoms with Gasteiger partial charge in [-0.05, 0) is 5.56 Å². The van der Waals surface area contributed by atoms with E-state index >= 15 is 0 Å². The van der Waals surface area contributed by atoms with Gasteiger partial charge in [-0.25, -0.2) is 0 Å². The van der Waals surface area contributed by atoms with Gasteiger partial charge in [-0.15, -0.1) is 0 Å². The fourth-order valence-electron chi connectivity index (χ4n) is 1.25. The van der Waals surface area contributed by atoms with E-state index in [9.17, 15) is 8.42 Å². The second kappa shape index (κ2) is 6.80. The maximum Gasteiger partial charge on any atom is 0.265 e. The first-order valence-corrected chi connectivity index (χ1v) is 7.24. The first-order chi connectivity index (χ1) is 8.01. The Bertz CT molecular complexity index is 445. The van der Waals surface area contributed by atoms with Crippen LogP contribution in [0.15, 0.2) is 30.3 Å². The molecule has 0 bridgehead atoms. The van der Waals surface area contributed by atoms with Crippen LogP contribution in [0.3, 0.4) is 0 Å². The summed E-state index contributed by atoms with van der Waals surface area (Å²) in [6.07, 6.45) is 0.257. The highest BCUT2D eigenvalue weighted by Crippen LogP contribution is 1.99. The molecule has 0 spiro atoms. The molecule has 6 heteroatoms. The van der Waals surface area contributed by atoms with E-state index in [4.69, 9.17) is 4.18 Å². The lowest BCUT2D eigenvalue weighted by molar-refractivity contribution is 0.275. The molecule has 1 rings (SSSR count). The fourth-order valence-corrected chi connectivity index (χ4v) is 1.98. The molecule has 93 valence electrons. The molecular weight excluding hydrogens is 258 g/mol. The Balaban J connectivity index is 2.36. The third-order valence-corrected chi connectivity index (χ3v) is 2.77. The number of hydrogen-bond acceptors (Lipinski definition) is 5. The Morgan fingerprint density at radius 2 is 2.06 bits per heavy atom. The summed E-state index contributed by atoms with van der Waals surface area (Å²) >= 11 is 4.59. The SMILES string of the molecule is CS(=O)(=O)OC([C]=S)CNCc1ccccc1. The molecule has 0 aliphatic carbocycles. The summed E-state index contributed by atoms with van der Waals surface area (Å²) in [7, 11) is -3.50. The van der Waals surface area contributed by atoms with Crippen molar-refractivity contribution in [2.24, 2.45) is 0 Å². The van der Waals surface area contributed by atoms with Crippen LogP contribution in [0.1, 0.15) is 5.56 Å². The van der Waals surface area contributed by atoms with Gasteiger partial charge in [0.25, 0.3) is 10.1 Å². The van der Waals surface area contributed by atoms with Crippen molar-refractivity contribution in [3.63, 3.8) is 0 Å². The second-order valence-electron chi connectivity index (χ2n) is 3.52. The zero-order chi connectivity index (χ0) is 12.7. The molecule has 17 heavy (non-hydrogen) atoms. The van der Waals surface area contributed by atoms with Crippen LogP contribution in [0.5, 0.6) is 0 Å². The van der Waals surface area contributed by atoms with E-state index in [1.165, 1.54) is 0 Å². The van der Waals surface area contributed by atoms with Crippen molar-refractivity contribution >= 4 is 27.7 Å². The molecule has 1 aromatic rings. The van der Waals surface area contributed by atoms with Crippen molar-refractivity contribution in [2.75, 3.05) is 12.8 Å². The minimum Gasteiger partial charge on any atom is -0.310 e. The Morgan fingerprint density at radius 1 is 1.41 bits per heavy atom. The maximum absolute atomic E-state index is 10.9. The smallest absolute Gasteiger partial charge is 0.265 e. The van der Waals surface area contributed by atoms with Gasteiger partial charge in [-0.1, -0.05) is 42.5 Å². The lowest BCUT2D eigenvalue weighted by Gasteiger charge is -2.11. The van der Waals surface area contributed by atoms with Crippen molar-refractivity contribution in [3.05, 3.63) is 35.9 Å². The van der Waals surface area contributed by atoms with Crippen molar-refractivity contribution in [1.82, 2.24) is 5.32 Å². The molecular formula is C11H14NO3S2. The summed E-state index contributed by atoms with van der Waals surface area (Å²) in [5.74, 6) is 0. The molecule has 0 saturated carbocycles. The van der Waals surface area contributed by atoms with Crippen molar-refractivity contribution < 1.29 is 12.6 Å². The monoisotopic (exact) mass is 272 g/mol. The van der Waals surface area contributed by atoms with Gasteiger partial charge < -0.3 is 5.32 Å². The highest BCUT2D eigenvalue weighted by molar-refractivity contribution is 7.86. The van der Waals surface area contributed by atoms with E-state index < -0.39 is 16.2 Å². The molecule has 0 aliphatic rings. The van der Waals surface area contributed by atoms with E-state index in [-0.39, 0.29) is 0 Å². The largest absolute Gasteiger partial charge is 0.310 e. The van der Waals surface area contributed by atoms with Gasteiger partial charge in [0, 0.05) is 13.1 Å². The summed E-state index contributed by atoms with van der Waals surface area (Å²) in [6, 6.07) is 9.75. The number of rotatable bonds is 7. The van der Waals surface area contributed by atoms with Crippen LogP contribution in [0.25, 0.3) is 0 Å². The third-order valence-electron chi connectivity index (χ3n) is 1.92. The van der Waals surface area contributed by atoms with Crippen LogP contribution in [0, 0.1) is 0 Å². The average molecular weight is 272 g/mol. The van der Waals surface area contributed by atoms with Gasteiger partial charge in [0.05, 0.1) is 11.6 Å². The molecule has 1 aromatic carbocycles. The van der Waals surface area contributed by atoms with Crippen LogP contribution < -0.4 is 5.32 Å². The Morgan fingerprint density at radius 3 is 2.59 bits per heavy atom. The van der Waals surface area contributed by atoms with Crippen LogP contribution in [-0.4, -0.2) is 32.7 Å². The predicted octanol–water partition coefficient (Wildman–Crippen LogP) is 0.998. The topological polar surface area (TPSA) is 55.4 Å². The Hall–Kier alpha value is -0.820. The summed E-state index contributed by atoms with van der Waals surface area (Å²) in [5, 5.41) is 5.42. The number of hydrogen-bond donors (Lipinski definition) is 1. The minimum absolute atomic E-state index is 0.311. The van der Waals surface area contributed by atoms with E-state index in [2.05, 4.69) is 22.9 Å². The van der Waals surface area contributed by atoms with Crippen molar-refractivity contribution in [1.29, 1.82) is 0 Å². The lowest BCUT2D eigenvalue weighted by atomic mass is 10.2. The minimum atomic E-state index is -3.50. The first-order valence-electron chi connectivity index (χ1n) is 5.02. The molecule has 0 aliphatic heterocycles. The van der Waals surface area contributed by atoms with Crippen LogP contribution in [-0.2, 0) is 20.8 Å². The van der Waals surface area contributed by atoms with E-state index in [1.54, 1.807) is 0 Å². The lowest BCUT2D eigenvalue weighted by Crippen LogP contribution is -2.31. The molecule has 1 unspecified atom stereocenters. The number of thiocarbonyl (C=S) groups is 1. The predicted molar refractivity (Wildman–Crippen MR) is 70.5 cm³/mol. The summed E-state index contributed by atoms with van der Waals surface area (Å²) in [6.45, 7) is 0.937. The standard InChI is InChI=1S/C11H14NO3S2/c1-17(13,14)15-11(9-16)8-12-7-10-5-3-2-4-6-10/h2-6,11-12H,7-8H2,1H3. The molecule has 0 fully saturated rings. The maximum atomic E-state index is 10.9. The van der Waals surface area contributed by atoms with E-state index in [0.717, 1.165) is 11.8 Å². The van der Waals surface area contributed by atoms with Crippen molar-refractivity contribution in [2.45, 2.75) is 12.6 Å². The average Bonchev–Trinajstić information content (AvgIpc) is 2.27. The summed E-state index contributed by atoms with van der Waals surface area (Å²) in [5.41, 5.74) is 1.11. The molecule has 0 amide bonds. The third kappa shape index (κ3) is 6.48. The second-order valence-corrected chi connectivity index (χ2v) is 5.36. The molecule has 4 nitrogen and oxygen atoms in total. The van der Waals surface area contributed by atoms with E-state index in [1.807, 2.05) is 30.3 Å². The number of nitrogens with one attached hydrogen (secondary N) is 1. The van der Waals surface area contributed by atoms with Gasteiger partial charge in [-0.2, -0.15) is 8.42 Å². The molecule has 1 radical (unpaired) electrons. The Kier molecular flexibility index (Phi) is 5.70. The molecule has 0 aromatic heterocycles. The highest BCUT2D eigenvalue weighted by atomic mass is 32.2. The normalized spacial score (nSPS) is 13.2. The Labute approximate surface area is 107 Å². The van der Waals surface area contributed by atoms with Gasteiger partial charge in [0.2, 0.25) is 0 Å². The van der Waals surface area contributed by atoms with E-state index in [0.29, 0.717) is 13.1 Å². The van der Waals surface area contributed by atoms with Crippen LogP contribution >= 0.6 is 12.2 Å². The molecule has 0 heterocycles.